The molecular weight excluding hydrogens is 278 g/mol. The Morgan fingerprint density at radius 3 is 2.17 bits per heavy atom. The molecule has 0 atom stereocenters. The van der Waals surface area contributed by atoms with Gasteiger partial charge in [-0.2, -0.15) is 0 Å². The minimum atomic E-state index is -3.46. The van der Waals surface area contributed by atoms with Gasteiger partial charge >= 0.3 is 0 Å². The number of hydrogen-bond donors (Lipinski definition) is 2. The molecule has 6 nitrogen and oxygen atoms in total. The average Bonchev–Trinajstić information content (AvgIpc) is 2.25. The number of carbonyl (C=O) groups is 1. The molecule has 0 rings (SSSR count). The van der Waals surface area contributed by atoms with Crippen LogP contribution in [0.25, 0.3) is 0 Å². The number of sulfonamides is 1. The van der Waals surface area contributed by atoms with Crippen molar-refractivity contribution >= 4 is 28.3 Å². The highest BCUT2D eigenvalue weighted by Crippen LogP contribution is 2.00. The zero-order chi connectivity index (χ0) is 13.3. The van der Waals surface area contributed by atoms with Crippen LogP contribution in [0.15, 0.2) is 0 Å². The SMILES string of the molecule is CCN(CC)S(=O)(=O)CC(=O)NCCCNC.Cl. The number of nitrogens with zero attached hydrogens (tertiary/aromatic N) is 1. The van der Waals surface area contributed by atoms with E-state index >= 15 is 0 Å². The van der Waals surface area contributed by atoms with Gasteiger partial charge in [-0.3, -0.25) is 4.79 Å². The molecular formula is C10H24ClN3O3S. The van der Waals surface area contributed by atoms with E-state index in [9.17, 15) is 13.2 Å². The summed E-state index contributed by atoms with van der Waals surface area (Å²) in [6, 6.07) is 0. The average molecular weight is 302 g/mol. The second-order valence-corrected chi connectivity index (χ2v) is 5.62. The molecule has 0 aliphatic heterocycles. The van der Waals surface area contributed by atoms with Gasteiger partial charge in [0.15, 0.2) is 0 Å². The molecule has 0 aromatic carbocycles. The van der Waals surface area contributed by atoms with E-state index in [1.807, 2.05) is 7.05 Å². The second kappa shape index (κ2) is 10.5. The number of nitrogens with one attached hydrogen (secondary N) is 2. The van der Waals surface area contributed by atoms with Crippen LogP contribution < -0.4 is 10.6 Å². The monoisotopic (exact) mass is 301 g/mol. The van der Waals surface area contributed by atoms with Crippen LogP contribution in [0.5, 0.6) is 0 Å². The Balaban J connectivity index is 0. The first-order valence-electron chi connectivity index (χ1n) is 5.87. The number of halogens is 1. The number of amides is 1. The molecule has 0 saturated carbocycles. The third kappa shape index (κ3) is 7.86. The Bertz CT molecular complexity index is 318. The summed E-state index contributed by atoms with van der Waals surface area (Å²) >= 11 is 0. The van der Waals surface area contributed by atoms with Crippen LogP contribution in [0.2, 0.25) is 0 Å². The lowest BCUT2D eigenvalue weighted by Crippen LogP contribution is -2.39. The van der Waals surface area contributed by atoms with E-state index in [4.69, 9.17) is 0 Å². The molecule has 0 radical (unpaired) electrons. The van der Waals surface area contributed by atoms with Crippen molar-refractivity contribution < 1.29 is 13.2 Å². The highest BCUT2D eigenvalue weighted by atomic mass is 35.5. The van der Waals surface area contributed by atoms with Crippen molar-refractivity contribution in [2.24, 2.45) is 0 Å². The zero-order valence-corrected chi connectivity index (χ0v) is 12.9. The number of rotatable bonds is 9. The third-order valence-corrected chi connectivity index (χ3v) is 4.27. The maximum atomic E-state index is 11.7. The fourth-order valence-corrected chi connectivity index (χ4v) is 2.82. The van der Waals surface area contributed by atoms with Gasteiger partial charge < -0.3 is 10.6 Å². The molecule has 0 bridgehead atoms. The summed E-state index contributed by atoms with van der Waals surface area (Å²) in [7, 11) is -1.63. The Labute approximate surface area is 116 Å². The highest BCUT2D eigenvalue weighted by molar-refractivity contribution is 7.89. The maximum absolute atomic E-state index is 11.7. The van der Waals surface area contributed by atoms with Gasteiger partial charge in [0, 0.05) is 19.6 Å². The molecule has 110 valence electrons. The van der Waals surface area contributed by atoms with E-state index in [1.165, 1.54) is 4.31 Å². The van der Waals surface area contributed by atoms with Crippen LogP contribution in [0.4, 0.5) is 0 Å². The molecule has 0 spiro atoms. The molecule has 1 amide bonds. The fourth-order valence-electron chi connectivity index (χ4n) is 1.42. The van der Waals surface area contributed by atoms with Gasteiger partial charge in [-0.15, -0.1) is 12.4 Å². The van der Waals surface area contributed by atoms with Crippen LogP contribution in [0.1, 0.15) is 20.3 Å². The van der Waals surface area contributed by atoms with Crippen LogP contribution >= 0.6 is 12.4 Å². The van der Waals surface area contributed by atoms with Gasteiger partial charge in [0.2, 0.25) is 15.9 Å². The van der Waals surface area contributed by atoms with Gasteiger partial charge in [0.25, 0.3) is 0 Å². The van der Waals surface area contributed by atoms with E-state index in [1.54, 1.807) is 13.8 Å². The number of carbonyl (C=O) groups excluding carboxylic acids is 1. The van der Waals surface area contributed by atoms with Crippen molar-refractivity contribution in [3.8, 4) is 0 Å². The van der Waals surface area contributed by atoms with Crippen molar-refractivity contribution in [2.45, 2.75) is 20.3 Å². The van der Waals surface area contributed by atoms with Crippen molar-refractivity contribution in [3.05, 3.63) is 0 Å². The van der Waals surface area contributed by atoms with E-state index in [2.05, 4.69) is 10.6 Å². The second-order valence-electron chi connectivity index (χ2n) is 3.65. The minimum Gasteiger partial charge on any atom is -0.355 e. The van der Waals surface area contributed by atoms with Gasteiger partial charge in [-0.25, -0.2) is 12.7 Å². The molecule has 8 heteroatoms. The Morgan fingerprint density at radius 1 is 1.17 bits per heavy atom. The topological polar surface area (TPSA) is 78.5 Å². The molecule has 0 unspecified atom stereocenters. The molecule has 0 aliphatic rings. The maximum Gasteiger partial charge on any atom is 0.236 e. The Morgan fingerprint density at radius 2 is 1.72 bits per heavy atom. The van der Waals surface area contributed by atoms with E-state index < -0.39 is 21.7 Å². The Kier molecular flexibility index (Phi) is 11.7. The summed E-state index contributed by atoms with van der Waals surface area (Å²) < 4.78 is 24.8. The standard InChI is InChI=1S/C10H23N3O3S.ClH/c1-4-13(5-2)17(15,16)9-10(14)12-8-6-7-11-3;/h11H,4-9H2,1-3H3,(H,12,14);1H. The molecule has 0 aromatic rings. The van der Waals surface area contributed by atoms with Crippen LogP contribution in [-0.2, 0) is 14.8 Å². The first-order valence-corrected chi connectivity index (χ1v) is 7.48. The summed E-state index contributed by atoms with van der Waals surface area (Å²) in [5, 5.41) is 5.54. The summed E-state index contributed by atoms with van der Waals surface area (Å²) in [6.07, 6.45) is 0.785. The van der Waals surface area contributed by atoms with Crippen molar-refractivity contribution in [3.63, 3.8) is 0 Å². The highest BCUT2D eigenvalue weighted by Gasteiger charge is 2.22. The lowest BCUT2D eigenvalue weighted by Gasteiger charge is -2.17. The minimum absolute atomic E-state index is 0. The molecule has 0 fully saturated rings. The lowest BCUT2D eigenvalue weighted by atomic mass is 10.4. The van der Waals surface area contributed by atoms with E-state index in [0.717, 1.165) is 13.0 Å². The van der Waals surface area contributed by atoms with Crippen LogP contribution in [0.3, 0.4) is 0 Å². The molecule has 0 aromatic heterocycles. The van der Waals surface area contributed by atoms with E-state index in [0.29, 0.717) is 19.6 Å². The van der Waals surface area contributed by atoms with E-state index in [-0.39, 0.29) is 12.4 Å². The van der Waals surface area contributed by atoms with Crippen LogP contribution in [0, 0.1) is 0 Å². The van der Waals surface area contributed by atoms with Crippen molar-refractivity contribution in [2.75, 3.05) is 39.0 Å². The molecule has 18 heavy (non-hydrogen) atoms. The smallest absolute Gasteiger partial charge is 0.236 e. The summed E-state index contributed by atoms with van der Waals surface area (Å²) in [4.78, 5) is 11.4. The summed E-state index contributed by atoms with van der Waals surface area (Å²) in [6.45, 7) is 5.59. The first-order chi connectivity index (χ1) is 7.97. The normalized spacial score (nSPS) is 11.1. The molecule has 2 N–H and O–H groups in total. The van der Waals surface area contributed by atoms with Crippen LogP contribution in [-0.4, -0.2) is 57.6 Å². The summed E-state index contributed by atoms with van der Waals surface area (Å²) in [5.41, 5.74) is 0. The molecule has 0 saturated heterocycles. The molecule has 0 aliphatic carbocycles. The van der Waals surface area contributed by atoms with Gasteiger partial charge in [0.1, 0.15) is 5.75 Å². The van der Waals surface area contributed by atoms with Crippen molar-refractivity contribution in [1.29, 1.82) is 0 Å². The Hall–Kier alpha value is -0.370. The quantitative estimate of drug-likeness (QED) is 0.579. The first kappa shape index (κ1) is 20.0. The fraction of sp³-hybridized carbons (Fsp3) is 0.900. The van der Waals surface area contributed by atoms with Gasteiger partial charge in [0.05, 0.1) is 0 Å². The predicted octanol–water partition coefficient (Wildman–Crippen LogP) is -0.194. The van der Waals surface area contributed by atoms with Crippen molar-refractivity contribution in [1.82, 2.24) is 14.9 Å². The number of hydrogen-bond acceptors (Lipinski definition) is 4. The summed E-state index contributed by atoms with van der Waals surface area (Å²) in [5.74, 6) is -0.901. The third-order valence-electron chi connectivity index (χ3n) is 2.34. The zero-order valence-electron chi connectivity index (χ0n) is 11.2. The van der Waals surface area contributed by atoms with Gasteiger partial charge in [-0.1, -0.05) is 13.8 Å². The largest absolute Gasteiger partial charge is 0.355 e. The lowest BCUT2D eigenvalue weighted by molar-refractivity contribution is -0.118. The predicted molar refractivity (Wildman–Crippen MR) is 75.5 cm³/mol. The molecule has 0 heterocycles. The van der Waals surface area contributed by atoms with Gasteiger partial charge in [-0.05, 0) is 20.0 Å².